The van der Waals surface area contributed by atoms with Gasteiger partial charge in [0.15, 0.2) is 0 Å². The molecule has 0 aliphatic heterocycles. The molecule has 0 rings (SSSR count). The van der Waals surface area contributed by atoms with Crippen LogP contribution >= 0.6 is 11.8 Å². The van der Waals surface area contributed by atoms with E-state index in [0.717, 1.165) is 13.0 Å². The summed E-state index contributed by atoms with van der Waals surface area (Å²) in [4.78, 5) is 0. The molecule has 0 aromatic heterocycles. The van der Waals surface area contributed by atoms with Gasteiger partial charge in [-0.25, -0.2) is 0 Å². The molecular weight excluding hydrogens is 166 g/mol. The molecule has 0 heterocycles. The fourth-order valence-corrected chi connectivity index (χ4v) is 1.79. The van der Waals surface area contributed by atoms with E-state index in [-0.39, 0.29) is 0 Å². The van der Waals surface area contributed by atoms with Crippen LogP contribution in [0.25, 0.3) is 0 Å². The van der Waals surface area contributed by atoms with Crippen LogP contribution in [-0.2, 0) is 0 Å². The number of hydrogen-bond acceptors (Lipinski definition) is 2. The Balaban J connectivity index is 3.52. The zero-order valence-corrected chi connectivity index (χ0v) is 9.13. The van der Waals surface area contributed by atoms with E-state index in [2.05, 4.69) is 30.3 Å². The normalized spacial score (nSPS) is 11.9. The molecule has 1 unspecified atom stereocenters. The molecule has 70 valence electrons. The van der Waals surface area contributed by atoms with Crippen molar-refractivity contribution in [2.45, 2.75) is 32.7 Å². The summed E-state index contributed by atoms with van der Waals surface area (Å²) in [5.41, 5.74) is 0. The summed E-state index contributed by atoms with van der Waals surface area (Å²) in [5.74, 6) is 7.21. The summed E-state index contributed by atoms with van der Waals surface area (Å²) in [6, 6.07) is 0.644. The summed E-state index contributed by atoms with van der Waals surface area (Å²) in [7, 11) is 0. The van der Waals surface area contributed by atoms with Crippen molar-refractivity contribution in [1.82, 2.24) is 5.32 Å². The first-order chi connectivity index (χ1) is 5.85. The molecule has 1 nitrogen and oxygen atoms in total. The van der Waals surface area contributed by atoms with Gasteiger partial charge < -0.3 is 5.32 Å². The number of thioether (sulfide) groups is 1. The highest BCUT2D eigenvalue weighted by Crippen LogP contribution is 2.03. The van der Waals surface area contributed by atoms with Crippen molar-refractivity contribution < 1.29 is 0 Å². The molecule has 0 saturated heterocycles. The third kappa shape index (κ3) is 6.57. The van der Waals surface area contributed by atoms with Gasteiger partial charge in [0.05, 0.1) is 0 Å². The quantitative estimate of drug-likeness (QED) is 0.636. The Hall–Kier alpha value is -0.130. The minimum absolute atomic E-state index is 0.644. The molecule has 0 aromatic carbocycles. The van der Waals surface area contributed by atoms with Crippen molar-refractivity contribution in [3.63, 3.8) is 0 Å². The molecule has 1 atom stereocenters. The monoisotopic (exact) mass is 185 g/mol. The van der Waals surface area contributed by atoms with Crippen LogP contribution in [0.4, 0.5) is 0 Å². The number of hydrogen-bond donors (Lipinski definition) is 1. The first-order valence-electron chi connectivity index (χ1n) is 4.47. The lowest BCUT2D eigenvalue weighted by atomic mass is 10.2. The van der Waals surface area contributed by atoms with Crippen molar-refractivity contribution in [2.75, 3.05) is 18.6 Å². The van der Waals surface area contributed by atoms with E-state index < -0.39 is 0 Å². The fraction of sp³-hybridized carbons (Fsp3) is 0.800. The zero-order chi connectivity index (χ0) is 9.23. The summed E-state index contributed by atoms with van der Waals surface area (Å²) < 4.78 is 0. The maximum atomic E-state index is 3.45. The second kappa shape index (κ2) is 8.96. The zero-order valence-electron chi connectivity index (χ0n) is 8.31. The minimum Gasteiger partial charge on any atom is -0.313 e. The molecule has 2 heteroatoms. The van der Waals surface area contributed by atoms with E-state index in [1.165, 1.54) is 12.2 Å². The van der Waals surface area contributed by atoms with E-state index in [1.54, 1.807) is 0 Å². The van der Waals surface area contributed by atoms with Crippen LogP contribution in [0.1, 0.15) is 26.7 Å². The van der Waals surface area contributed by atoms with Crippen molar-refractivity contribution in [3.05, 3.63) is 0 Å². The Morgan fingerprint density at radius 2 is 2.25 bits per heavy atom. The van der Waals surface area contributed by atoms with Crippen LogP contribution < -0.4 is 5.32 Å². The summed E-state index contributed by atoms with van der Waals surface area (Å²) in [6.07, 6.45) is 4.35. The average Bonchev–Trinajstić information content (AvgIpc) is 2.06. The Bertz CT molecular complexity index is 140. The van der Waals surface area contributed by atoms with E-state index in [4.69, 9.17) is 0 Å². The van der Waals surface area contributed by atoms with Crippen molar-refractivity contribution >= 4 is 11.8 Å². The lowest BCUT2D eigenvalue weighted by Crippen LogP contribution is -2.30. The van der Waals surface area contributed by atoms with Crippen LogP contribution in [0.15, 0.2) is 0 Å². The van der Waals surface area contributed by atoms with Crippen molar-refractivity contribution in [1.29, 1.82) is 0 Å². The van der Waals surface area contributed by atoms with Gasteiger partial charge in [-0.15, -0.1) is 11.8 Å². The molecule has 0 saturated carbocycles. The summed E-state index contributed by atoms with van der Waals surface area (Å²) >= 11 is 1.90. The van der Waals surface area contributed by atoms with Crippen LogP contribution in [0.2, 0.25) is 0 Å². The van der Waals surface area contributed by atoms with Gasteiger partial charge in [-0.2, -0.15) is 11.8 Å². The number of rotatable bonds is 6. The highest BCUT2D eigenvalue weighted by Gasteiger charge is 2.03. The van der Waals surface area contributed by atoms with Gasteiger partial charge in [-0.05, 0) is 26.1 Å². The second-order valence-electron chi connectivity index (χ2n) is 2.68. The van der Waals surface area contributed by atoms with Gasteiger partial charge in [-0.1, -0.05) is 6.92 Å². The fourth-order valence-electron chi connectivity index (χ4n) is 1.11. The first-order valence-corrected chi connectivity index (χ1v) is 5.86. The van der Waals surface area contributed by atoms with Crippen molar-refractivity contribution in [3.8, 4) is 11.8 Å². The third-order valence-corrected chi connectivity index (χ3v) is 2.39. The summed E-state index contributed by atoms with van der Waals surface area (Å²) in [6.45, 7) is 5.11. The van der Waals surface area contributed by atoms with Gasteiger partial charge in [0.2, 0.25) is 0 Å². The summed E-state index contributed by atoms with van der Waals surface area (Å²) in [5, 5.41) is 3.45. The molecule has 0 spiro atoms. The predicted molar refractivity (Wildman–Crippen MR) is 58.5 cm³/mol. The smallest absolute Gasteiger partial charge is 0.0167 e. The molecule has 0 aromatic rings. The lowest BCUT2D eigenvalue weighted by molar-refractivity contribution is 0.545. The van der Waals surface area contributed by atoms with Crippen molar-refractivity contribution in [2.24, 2.45) is 0 Å². The highest BCUT2D eigenvalue weighted by molar-refractivity contribution is 7.98. The average molecular weight is 185 g/mol. The molecule has 0 fully saturated rings. The Morgan fingerprint density at radius 1 is 1.50 bits per heavy atom. The van der Waals surface area contributed by atoms with E-state index in [0.29, 0.717) is 6.04 Å². The molecule has 0 amide bonds. The van der Waals surface area contributed by atoms with E-state index >= 15 is 0 Å². The maximum absolute atomic E-state index is 3.45. The van der Waals surface area contributed by atoms with Gasteiger partial charge in [0.1, 0.15) is 0 Å². The first kappa shape index (κ1) is 11.9. The lowest BCUT2D eigenvalue weighted by Gasteiger charge is -2.14. The van der Waals surface area contributed by atoms with Gasteiger partial charge in [0, 0.05) is 18.2 Å². The molecule has 0 aliphatic carbocycles. The van der Waals surface area contributed by atoms with Crippen LogP contribution in [-0.4, -0.2) is 24.6 Å². The SMILES string of the molecule is CC#CCCC(CSC)NCC. The standard InChI is InChI=1S/C10H19NS/c1-4-6-7-8-10(9-12-3)11-5-2/h10-11H,5,7-9H2,1-3H3. The number of nitrogens with one attached hydrogen (secondary N) is 1. The predicted octanol–water partition coefficient (Wildman–Crippen LogP) is 2.13. The molecule has 12 heavy (non-hydrogen) atoms. The molecule has 0 bridgehead atoms. The third-order valence-electron chi connectivity index (χ3n) is 1.66. The largest absolute Gasteiger partial charge is 0.313 e. The topological polar surface area (TPSA) is 12.0 Å². The Kier molecular flexibility index (Phi) is 8.86. The van der Waals surface area contributed by atoms with Crippen LogP contribution in [0.5, 0.6) is 0 Å². The highest BCUT2D eigenvalue weighted by atomic mass is 32.2. The molecule has 0 radical (unpaired) electrons. The van der Waals surface area contributed by atoms with Gasteiger partial charge >= 0.3 is 0 Å². The van der Waals surface area contributed by atoms with Crippen LogP contribution in [0, 0.1) is 11.8 Å². The van der Waals surface area contributed by atoms with E-state index in [1.807, 2.05) is 18.7 Å². The second-order valence-corrected chi connectivity index (χ2v) is 3.59. The Morgan fingerprint density at radius 3 is 2.75 bits per heavy atom. The van der Waals surface area contributed by atoms with Crippen LogP contribution in [0.3, 0.4) is 0 Å². The van der Waals surface area contributed by atoms with E-state index in [9.17, 15) is 0 Å². The Labute approximate surface area is 80.7 Å². The molecule has 0 aliphatic rings. The van der Waals surface area contributed by atoms with Gasteiger partial charge in [-0.3, -0.25) is 0 Å². The molecule has 1 N–H and O–H groups in total. The van der Waals surface area contributed by atoms with Gasteiger partial charge in [0.25, 0.3) is 0 Å². The molecular formula is C10H19NS. The maximum Gasteiger partial charge on any atom is 0.0167 e. The minimum atomic E-state index is 0.644.